The van der Waals surface area contributed by atoms with Crippen molar-refractivity contribution in [2.24, 2.45) is 0 Å². The van der Waals surface area contributed by atoms with E-state index in [0.29, 0.717) is 4.34 Å². The lowest BCUT2D eigenvalue weighted by atomic mass is 10.2. The summed E-state index contributed by atoms with van der Waals surface area (Å²) in [5.41, 5.74) is 0. The van der Waals surface area contributed by atoms with Crippen molar-refractivity contribution in [2.75, 3.05) is 11.1 Å². The minimum Gasteiger partial charge on any atom is -0.358 e. The second-order valence-corrected chi connectivity index (χ2v) is 7.66. The minimum atomic E-state index is -0.406. The Labute approximate surface area is 138 Å². The predicted octanol–water partition coefficient (Wildman–Crippen LogP) is 2.22. The molecule has 0 spiro atoms. The van der Waals surface area contributed by atoms with Gasteiger partial charge in [0.2, 0.25) is 11.0 Å². The van der Waals surface area contributed by atoms with E-state index in [1.54, 1.807) is 0 Å². The lowest BCUT2D eigenvalue weighted by molar-refractivity contribution is -0.117. The van der Waals surface area contributed by atoms with Gasteiger partial charge in [-0.2, -0.15) is 0 Å². The predicted molar refractivity (Wildman–Crippen MR) is 88.3 cm³/mol. The normalized spacial score (nSPS) is 15.0. The van der Waals surface area contributed by atoms with Crippen molar-refractivity contribution in [2.45, 2.75) is 56.0 Å². The third-order valence-corrected chi connectivity index (χ3v) is 5.08. The molecule has 1 aromatic heterocycles. The molecule has 22 heavy (non-hydrogen) atoms. The van der Waals surface area contributed by atoms with Crippen LogP contribution < -0.4 is 16.0 Å². The molecular formula is C13H21N5O2S2. The highest BCUT2D eigenvalue weighted by Gasteiger charge is 2.18. The lowest BCUT2D eigenvalue weighted by Crippen LogP contribution is -2.44. The van der Waals surface area contributed by atoms with Gasteiger partial charge in [-0.1, -0.05) is 35.9 Å². The number of thioether (sulfide) groups is 1. The van der Waals surface area contributed by atoms with Crippen molar-refractivity contribution in [3.63, 3.8) is 0 Å². The third kappa shape index (κ3) is 5.80. The number of anilines is 1. The van der Waals surface area contributed by atoms with Gasteiger partial charge in [-0.15, -0.1) is 10.2 Å². The van der Waals surface area contributed by atoms with Crippen molar-refractivity contribution in [1.82, 2.24) is 20.8 Å². The summed E-state index contributed by atoms with van der Waals surface area (Å²) >= 11 is 2.67. The van der Waals surface area contributed by atoms with Crippen LogP contribution in [0.4, 0.5) is 9.93 Å². The van der Waals surface area contributed by atoms with Crippen LogP contribution in [-0.2, 0) is 4.79 Å². The van der Waals surface area contributed by atoms with Crippen molar-refractivity contribution in [1.29, 1.82) is 0 Å². The molecule has 0 unspecified atom stereocenters. The number of carbonyl (C=O) groups is 2. The van der Waals surface area contributed by atoms with Gasteiger partial charge < -0.3 is 10.6 Å². The standard InChI is InChI=1S/C13H21N5O2S2/c1-8(2)14-12-17-18-13(22-12)21-7-10(19)16-11(20)15-9-5-3-4-6-9/h8-9H,3-7H2,1-2H3,(H,14,17)(H2,15,16,19,20). The molecule has 1 aliphatic carbocycles. The summed E-state index contributed by atoms with van der Waals surface area (Å²) in [7, 11) is 0. The summed E-state index contributed by atoms with van der Waals surface area (Å²) in [6.07, 6.45) is 4.26. The zero-order valence-corrected chi connectivity index (χ0v) is 14.4. The highest BCUT2D eigenvalue weighted by molar-refractivity contribution is 8.01. The molecule has 0 bridgehead atoms. The molecule has 1 aliphatic rings. The number of imide groups is 1. The van der Waals surface area contributed by atoms with Gasteiger partial charge >= 0.3 is 6.03 Å². The van der Waals surface area contributed by atoms with Crippen molar-refractivity contribution in [3.8, 4) is 0 Å². The fraction of sp³-hybridized carbons (Fsp3) is 0.692. The molecule has 0 saturated heterocycles. The van der Waals surface area contributed by atoms with Crippen LogP contribution in [0.2, 0.25) is 0 Å². The van der Waals surface area contributed by atoms with E-state index in [1.165, 1.54) is 23.1 Å². The van der Waals surface area contributed by atoms with Gasteiger partial charge in [-0.05, 0) is 26.7 Å². The van der Waals surface area contributed by atoms with Crippen molar-refractivity contribution < 1.29 is 9.59 Å². The molecule has 1 fully saturated rings. The molecule has 1 heterocycles. The number of carbonyl (C=O) groups excluding carboxylic acids is 2. The first-order valence-corrected chi connectivity index (χ1v) is 9.16. The van der Waals surface area contributed by atoms with Crippen molar-refractivity contribution in [3.05, 3.63) is 0 Å². The number of amides is 3. The third-order valence-electron chi connectivity index (χ3n) is 3.09. The summed E-state index contributed by atoms with van der Waals surface area (Å²) in [4.78, 5) is 23.4. The minimum absolute atomic E-state index is 0.147. The fourth-order valence-electron chi connectivity index (χ4n) is 2.16. The van der Waals surface area contributed by atoms with E-state index >= 15 is 0 Å². The smallest absolute Gasteiger partial charge is 0.321 e. The summed E-state index contributed by atoms with van der Waals surface area (Å²) in [6, 6.07) is 0.0820. The highest BCUT2D eigenvalue weighted by Crippen LogP contribution is 2.25. The number of rotatable bonds is 6. The Balaban J connectivity index is 1.68. The van der Waals surface area contributed by atoms with Crippen LogP contribution in [0.15, 0.2) is 4.34 Å². The van der Waals surface area contributed by atoms with Crippen LogP contribution >= 0.6 is 23.1 Å². The molecule has 122 valence electrons. The Bertz CT molecular complexity index is 514. The number of nitrogens with zero attached hydrogens (tertiary/aromatic N) is 2. The maximum atomic E-state index is 11.7. The van der Waals surface area contributed by atoms with Crippen LogP contribution in [0.25, 0.3) is 0 Å². The number of hydrogen-bond donors (Lipinski definition) is 3. The number of nitrogens with one attached hydrogen (secondary N) is 3. The van der Waals surface area contributed by atoms with Gasteiger partial charge in [0.1, 0.15) is 0 Å². The van der Waals surface area contributed by atoms with Crippen LogP contribution in [0, 0.1) is 0 Å². The van der Waals surface area contributed by atoms with Gasteiger partial charge in [0, 0.05) is 12.1 Å². The first kappa shape index (κ1) is 17.0. The number of hydrogen-bond acceptors (Lipinski definition) is 7. The Kier molecular flexibility index (Phi) is 6.44. The average molecular weight is 343 g/mol. The van der Waals surface area contributed by atoms with Crippen LogP contribution in [0.1, 0.15) is 39.5 Å². The van der Waals surface area contributed by atoms with E-state index in [9.17, 15) is 9.59 Å². The van der Waals surface area contributed by atoms with Gasteiger partial charge in [0.25, 0.3) is 0 Å². The van der Waals surface area contributed by atoms with Gasteiger partial charge in [-0.3, -0.25) is 10.1 Å². The zero-order chi connectivity index (χ0) is 15.9. The molecule has 7 nitrogen and oxygen atoms in total. The fourth-order valence-corrected chi connectivity index (χ4v) is 3.85. The molecular weight excluding hydrogens is 322 g/mol. The molecule has 2 rings (SSSR count). The summed E-state index contributed by atoms with van der Waals surface area (Å²) in [6.45, 7) is 4.04. The molecule has 3 N–H and O–H groups in total. The summed E-state index contributed by atoms with van der Waals surface area (Å²) < 4.78 is 0.703. The second-order valence-electron chi connectivity index (χ2n) is 5.46. The monoisotopic (exact) mass is 343 g/mol. The van der Waals surface area contributed by atoms with E-state index in [2.05, 4.69) is 26.1 Å². The number of aromatic nitrogens is 2. The number of urea groups is 1. The van der Waals surface area contributed by atoms with E-state index < -0.39 is 6.03 Å². The first-order chi connectivity index (χ1) is 10.5. The van der Waals surface area contributed by atoms with E-state index in [0.717, 1.165) is 30.8 Å². The zero-order valence-electron chi connectivity index (χ0n) is 12.7. The van der Waals surface area contributed by atoms with Crippen LogP contribution in [-0.4, -0.2) is 40.0 Å². The molecule has 9 heteroatoms. The second kappa shape index (κ2) is 8.33. The summed E-state index contributed by atoms with van der Waals surface area (Å²) in [5.74, 6) is -0.178. The first-order valence-electron chi connectivity index (χ1n) is 7.36. The molecule has 0 aromatic carbocycles. The van der Waals surface area contributed by atoms with Gasteiger partial charge in [0.05, 0.1) is 5.75 Å². The van der Waals surface area contributed by atoms with Gasteiger partial charge in [-0.25, -0.2) is 4.79 Å². The molecule has 0 aliphatic heterocycles. The molecule has 0 radical (unpaired) electrons. The highest BCUT2D eigenvalue weighted by atomic mass is 32.2. The Morgan fingerprint density at radius 1 is 1.32 bits per heavy atom. The Hall–Kier alpha value is -1.35. The Morgan fingerprint density at radius 3 is 2.73 bits per heavy atom. The summed E-state index contributed by atoms with van der Waals surface area (Å²) in [5, 5.41) is 17.0. The van der Waals surface area contributed by atoms with Crippen LogP contribution in [0.3, 0.4) is 0 Å². The Morgan fingerprint density at radius 2 is 2.05 bits per heavy atom. The molecule has 1 saturated carbocycles. The topological polar surface area (TPSA) is 96.0 Å². The lowest BCUT2D eigenvalue weighted by Gasteiger charge is -2.11. The average Bonchev–Trinajstić information content (AvgIpc) is 3.07. The van der Waals surface area contributed by atoms with Gasteiger partial charge in [0.15, 0.2) is 4.34 Å². The molecule has 1 aromatic rings. The molecule has 0 atom stereocenters. The maximum Gasteiger partial charge on any atom is 0.321 e. The van der Waals surface area contributed by atoms with E-state index in [4.69, 9.17) is 0 Å². The maximum absolute atomic E-state index is 11.7. The van der Waals surface area contributed by atoms with E-state index in [-0.39, 0.29) is 23.7 Å². The largest absolute Gasteiger partial charge is 0.358 e. The van der Waals surface area contributed by atoms with Crippen molar-refractivity contribution >= 4 is 40.2 Å². The molecule has 3 amide bonds. The quantitative estimate of drug-likeness (QED) is 0.686. The SMILES string of the molecule is CC(C)Nc1nnc(SCC(=O)NC(=O)NC2CCCC2)s1. The van der Waals surface area contributed by atoms with Crippen LogP contribution in [0.5, 0.6) is 0 Å². The van der Waals surface area contributed by atoms with E-state index in [1.807, 2.05) is 13.8 Å².